The second-order valence-electron chi connectivity index (χ2n) is 2.12. The summed E-state index contributed by atoms with van der Waals surface area (Å²) in [6, 6.07) is 4.92. The van der Waals surface area contributed by atoms with Gasteiger partial charge in [0.2, 0.25) is 0 Å². The van der Waals surface area contributed by atoms with Crippen molar-refractivity contribution in [3.05, 3.63) is 23.8 Å². The fraction of sp³-hybridized carbons (Fsp3) is 0.143. The number of alkyl halides is 1. The molecule has 1 aromatic rings. The molecular formula is C7H9ClN2O. The summed E-state index contributed by atoms with van der Waals surface area (Å²) in [5.74, 6) is 5.62. The summed E-state index contributed by atoms with van der Waals surface area (Å²) < 4.78 is 0. The van der Waals surface area contributed by atoms with E-state index in [1.807, 2.05) is 0 Å². The summed E-state index contributed by atoms with van der Waals surface area (Å²) in [4.78, 5) is 0. The van der Waals surface area contributed by atoms with Gasteiger partial charge in [-0.1, -0.05) is 0 Å². The second-order valence-corrected chi connectivity index (χ2v) is 2.39. The van der Waals surface area contributed by atoms with E-state index in [0.717, 1.165) is 5.69 Å². The monoisotopic (exact) mass is 172 g/mol. The molecule has 0 amide bonds. The predicted molar refractivity (Wildman–Crippen MR) is 45.5 cm³/mol. The Hall–Kier alpha value is -0.930. The number of aromatic hydroxyl groups is 1. The first kappa shape index (κ1) is 8.17. The molecule has 0 heterocycles. The van der Waals surface area contributed by atoms with Gasteiger partial charge in [0.25, 0.3) is 0 Å². The quantitative estimate of drug-likeness (QED) is 0.274. The van der Waals surface area contributed by atoms with E-state index in [0.29, 0.717) is 5.56 Å². The zero-order valence-electron chi connectivity index (χ0n) is 5.84. The molecule has 1 rings (SSSR count). The Bertz CT molecular complexity index is 252. The van der Waals surface area contributed by atoms with Crippen molar-refractivity contribution in [2.24, 2.45) is 5.84 Å². The van der Waals surface area contributed by atoms with Crippen LogP contribution in [0, 0.1) is 0 Å². The van der Waals surface area contributed by atoms with Gasteiger partial charge in [-0.15, -0.1) is 11.6 Å². The lowest BCUT2D eigenvalue weighted by molar-refractivity contribution is 0.470. The summed E-state index contributed by atoms with van der Waals surface area (Å²) in [6.07, 6.45) is 0. The first-order valence-corrected chi connectivity index (χ1v) is 3.66. The molecule has 4 N–H and O–H groups in total. The van der Waals surface area contributed by atoms with Gasteiger partial charge in [0, 0.05) is 11.3 Å². The standard InChI is InChI=1S/C7H9ClN2O/c8-4-5-3-6(10-9)1-2-7(5)11/h1-3,10-11H,4,9H2. The van der Waals surface area contributed by atoms with E-state index in [1.54, 1.807) is 18.2 Å². The molecule has 0 saturated heterocycles. The highest BCUT2D eigenvalue weighted by molar-refractivity contribution is 6.17. The normalized spacial score (nSPS) is 9.64. The molecule has 0 aromatic heterocycles. The van der Waals surface area contributed by atoms with Gasteiger partial charge in [0.1, 0.15) is 5.75 Å². The summed E-state index contributed by atoms with van der Waals surface area (Å²) in [6.45, 7) is 0. The van der Waals surface area contributed by atoms with Crippen LogP contribution in [0.1, 0.15) is 5.56 Å². The highest BCUT2D eigenvalue weighted by Gasteiger charge is 1.99. The maximum atomic E-state index is 9.18. The van der Waals surface area contributed by atoms with Crippen LogP contribution in [0.5, 0.6) is 5.75 Å². The predicted octanol–water partition coefficient (Wildman–Crippen LogP) is 1.42. The van der Waals surface area contributed by atoms with Crippen molar-refractivity contribution in [2.45, 2.75) is 5.88 Å². The van der Waals surface area contributed by atoms with E-state index in [4.69, 9.17) is 17.4 Å². The Morgan fingerprint density at radius 3 is 2.82 bits per heavy atom. The van der Waals surface area contributed by atoms with Gasteiger partial charge >= 0.3 is 0 Å². The molecule has 4 heteroatoms. The minimum absolute atomic E-state index is 0.194. The topological polar surface area (TPSA) is 58.3 Å². The van der Waals surface area contributed by atoms with Crippen molar-refractivity contribution in [3.8, 4) is 5.75 Å². The maximum absolute atomic E-state index is 9.18. The molecule has 0 aliphatic carbocycles. The van der Waals surface area contributed by atoms with Crippen LogP contribution in [-0.2, 0) is 5.88 Å². The fourth-order valence-electron chi connectivity index (χ4n) is 0.782. The van der Waals surface area contributed by atoms with Crippen molar-refractivity contribution in [3.63, 3.8) is 0 Å². The number of hydrogen-bond donors (Lipinski definition) is 3. The number of nitrogens with two attached hydrogens (primary N) is 1. The Labute approximate surface area is 69.8 Å². The summed E-state index contributed by atoms with van der Waals surface area (Å²) in [5, 5.41) is 9.18. The SMILES string of the molecule is NNc1ccc(O)c(CCl)c1. The number of phenols is 1. The van der Waals surface area contributed by atoms with Crippen LogP contribution >= 0.6 is 11.6 Å². The molecule has 0 saturated carbocycles. The Morgan fingerprint density at radius 1 is 1.55 bits per heavy atom. The molecule has 0 atom stereocenters. The number of hydrazine groups is 1. The highest BCUT2D eigenvalue weighted by Crippen LogP contribution is 2.22. The number of rotatable bonds is 2. The molecule has 0 aliphatic rings. The van der Waals surface area contributed by atoms with E-state index in [9.17, 15) is 5.11 Å². The van der Waals surface area contributed by atoms with Gasteiger partial charge in [0.15, 0.2) is 0 Å². The second kappa shape index (κ2) is 3.46. The van der Waals surface area contributed by atoms with Gasteiger partial charge in [-0.3, -0.25) is 5.84 Å². The van der Waals surface area contributed by atoms with Crippen LogP contribution in [-0.4, -0.2) is 5.11 Å². The third-order valence-electron chi connectivity index (χ3n) is 1.39. The molecule has 1 aromatic carbocycles. The number of anilines is 1. The summed E-state index contributed by atoms with van der Waals surface area (Å²) in [5.41, 5.74) is 3.86. The van der Waals surface area contributed by atoms with E-state index in [1.165, 1.54) is 0 Å². The molecule has 0 fully saturated rings. The van der Waals surface area contributed by atoms with Gasteiger partial charge in [-0.25, -0.2) is 0 Å². The van der Waals surface area contributed by atoms with Gasteiger partial charge in [-0.05, 0) is 18.2 Å². The minimum atomic E-state index is 0.194. The number of hydrogen-bond acceptors (Lipinski definition) is 3. The fourth-order valence-corrected chi connectivity index (χ4v) is 0.996. The third-order valence-corrected chi connectivity index (χ3v) is 1.68. The van der Waals surface area contributed by atoms with Gasteiger partial charge < -0.3 is 10.5 Å². The van der Waals surface area contributed by atoms with E-state index in [-0.39, 0.29) is 11.6 Å². The summed E-state index contributed by atoms with van der Waals surface area (Å²) in [7, 11) is 0. The van der Waals surface area contributed by atoms with Gasteiger partial charge in [-0.2, -0.15) is 0 Å². The summed E-state index contributed by atoms with van der Waals surface area (Å²) >= 11 is 5.53. The zero-order chi connectivity index (χ0) is 8.27. The van der Waals surface area contributed by atoms with Crippen LogP contribution in [0.25, 0.3) is 0 Å². The number of halogens is 1. The average Bonchev–Trinajstić information content (AvgIpc) is 2.05. The molecule has 60 valence electrons. The van der Waals surface area contributed by atoms with E-state index >= 15 is 0 Å². The van der Waals surface area contributed by atoms with E-state index < -0.39 is 0 Å². The molecule has 3 nitrogen and oxygen atoms in total. The number of benzene rings is 1. The van der Waals surface area contributed by atoms with Crippen molar-refractivity contribution in [2.75, 3.05) is 5.43 Å². The first-order chi connectivity index (χ1) is 5.27. The smallest absolute Gasteiger partial charge is 0.120 e. The molecular weight excluding hydrogens is 164 g/mol. The van der Waals surface area contributed by atoms with Crippen molar-refractivity contribution < 1.29 is 5.11 Å². The average molecular weight is 173 g/mol. The maximum Gasteiger partial charge on any atom is 0.120 e. The number of phenolic OH excluding ortho intramolecular Hbond substituents is 1. The van der Waals surface area contributed by atoms with Crippen LogP contribution in [0.2, 0.25) is 0 Å². The van der Waals surface area contributed by atoms with Crippen LogP contribution in [0.3, 0.4) is 0 Å². The number of nitrogens with one attached hydrogen (secondary N) is 1. The lowest BCUT2D eigenvalue weighted by Gasteiger charge is -2.03. The highest BCUT2D eigenvalue weighted by atomic mass is 35.5. The Morgan fingerprint density at radius 2 is 2.27 bits per heavy atom. The zero-order valence-corrected chi connectivity index (χ0v) is 6.60. The first-order valence-electron chi connectivity index (χ1n) is 3.12. The largest absolute Gasteiger partial charge is 0.508 e. The van der Waals surface area contributed by atoms with Crippen LogP contribution in [0.15, 0.2) is 18.2 Å². The van der Waals surface area contributed by atoms with E-state index in [2.05, 4.69) is 5.43 Å². The van der Waals surface area contributed by atoms with Crippen molar-refractivity contribution in [1.82, 2.24) is 0 Å². The Kier molecular flexibility index (Phi) is 2.57. The van der Waals surface area contributed by atoms with Crippen molar-refractivity contribution in [1.29, 1.82) is 0 Å². The molecule has 0 bridgehead atoms. The molecule has 0 unspecified atom stereocenters. The van der Waals surface area contributed by atoms with Gasteiger partial charge in [0.05, 0.1) is 5.88 Å². The number of nitrogen functional groups attached to an aromatic ring is 1. The molecule has 0 spiro atoms. The van der Waals surface area contributed by atoms with Crippen LogP contribution < -0.4 is 11.3 Å². The molecule has 0 aliphatic heterocycles. The van der Waals surface area contributed by atoms with Crippen LogP contribution in [0.4, 0.5) is 5.69 Å². The van der Waals surface area contributed by atoms with Crippen molar-refractivity contribution >= 4 is 17.3 Å². The lowest BCUT2D eigenvalue weighted by atomic mass is 10.2. The third kappa shape index (κ3) is 1.76. The lowest BCUT2D eigenvalue weighted by Crippen LogP contribution is -2.06. The molecule has 0 radical (unpaired) electrons. The Balaban J connectivity index is 3.02. The molecule has 11 heavy (non-hydrogen) atoms. The minimum Gasteiger partial charge on any atom is -0.508 e.